The van der Waals surface area contributed by atoms with Crippen LogP contribution in [-0.2, 0) is 9.59 Å². The number of carbonyl (C=O) groups is 2. The van der Waals surface area contributed by atoms with E-state index in [1.807, 2.05) is 42.5 Å². The van der Waals surface area contributed by atoms with Crippen molar-refractivity contribution >= 4 is 22.6 Å². The lowest BCUT2D eigenvalue weighted by atomic mass is 10.1. The third kappa shape index (κ3) is 2.62. The highest BCUT2D eigenvalue weighted by molar-refractivity contribution is 6.04. The summed E-state index contributed by atoms with van der Waals surface area (Å²) in [7, 11) is 0. The minimum Gasteiger partial charge on any atom is -0.491 e. The molecule has 0 aromatic heterocycles. The predicted octanol–water partition coefficient (Wildman–Crippen LogP) is 2.20. The topological polar surface area (TPSA) is 75.6 Å². The summed E-state index contributed by atoms with van der Waals surface area (Å²) in [5.74, 6) is -0.701. The van der Waals surface area contributed by atoms with Gasteiger partial charge in [-0.05, 0) is 24.3 Å². The summed E-state index contributed by atoms with van der Waals surface area (Å²) in [4.78, 5) is 22.9. The highest BCUT2D eigenvalue weighted by Gasteiger charge is 2.56. The van der Waals surface area contributed by atoms with Crippen molar-refractivity contribution in [3.63, 3.8) is 0 Å². The first-order chi connectivity index (χ1) is 10.6. The average Bonchev–Trinajstić information content (AvgIpc) is 3.33. The largest absolute Gasteiger partial charge is 0.491 e. The lowest BCUT2D eigenvalue weighted by molar-refractivity contribution is -0.149. The monoisotopic (exact) mass is 299 g/mol. The maximum absolute atomic E-state index is 11.8. The number of carbonyl (C=O) groups excluding carboxylic acids is 1. The van der Waals surface area contributed by atoms with Crippen molar-refractivity contribution in [2.24, 2.45) is 5.41 Å². The fraction of sp³-hybridized carbons (Fsp3) is 0.294. The standard InChI is InChI=1S/C17H17NO4/c19-15(17(8-9-17)16(20)21)18-10-11-22-14-7-3-5-12-4-1-2-6-13(12)14/h1-7H,8-11H2,(H,18,19)(H,20,21). The van der Waals surface area contributed by atoms with E-state index in [0.29, 0.717) is 19.4 Å². The predicted molar refractivity (Wildman–Crippen MR) is 81.8 cm³/mol. The summed E-state index contributed by atoms with van der Waals surface area (Å²) in [6.07, 6.45) is 0.830. The number of fused-ring (bicyclic) bond motifs is 1. The Morgan fingerprint density at radius 3 is 2.59 bits per heavy atom. The molecule has 3 rings (SSSR count). The molecule has 22 heavy (non-hydrogen) atoms. The number of carboxylic acid groups (broad SMARTS) is 1. The number of nitrogens with one attached hydrogen (secondary N) is 1. The van der Waals surface area contributed by atoms with E-state index in [1.54, 1.807) is 0 Å². The first-order valence-electron chi connectivity index (χ1n) is 7.26. The van der Waals surface area contributed by atoms with Gasteiger partial charge in [0.05, 0.1) is 6.54 Å². The van der Waals surface area contributed by atoms with E-state index in [9.17, 15) is 9.59 Å². The van der Waals surface area contributed by atoms with E-state index < -0.39 is 17.3 Å². The van der Waals surface area contributed by atoms with E-state index in [0.717, 1.165) is 16.5 Å². The second-order valence-corrected chi connectivity index (χ2v) is 5.47. The molecule has 2 aromatic carbocycles. The molecule has 1 fully saturated rings. The summed E-state index contributed by atoms with van der Waals surface area (Å²) < 4.78 is 5.70. The van der Waals surface area contributed by atoms with Crippen molar-refractivity contribution in [2.45, 2.75) is 12.8 Å². The smallest absolute Gasteiger partial charge is 0.319 e. The fourth-order valence-electron chi connectivity index (χ4n) is 2.48. The van der Waals surface area contributed by atoms with Gasteiger partial charge in [-0.3, -0.25) is 9.59 Å². The number of benzene rings is 2. The normalized spacial score (nSPS) is 15.3. The van der Waals surface area contributed by atoms with Crippen LogP contribution in [0.25, 0.3) is 10.8 Å². The summed E-state index contributed by atoms with van der Waals surface area (Å²) in [5.41, 5.74) is -1.19. The zero-order valence-corrected chi connectivity index (χ0v) is 12.0. The molecule has 0 bridgehead atoms. The van der Waals surface area contributed by atoms with Crippen molar-refractivity contribution in [2.75, 3.05) is 13.2 Å². The SMILES string of the molecule is O=C(O)C1(C(=O)NCCOc2cccc3ccccc23)CC1. The van der Waals surface area contributed by atoms with Crippen LogP contribution in [0.5, 0.6) is 5.75 Å². The molecule has 1 aliphatic carbocycles. The Morgan fingerprint density at radius 2 is 1.86 bits per heavy atom. The Kier molecular flexibility index (Phi) is 3.71. The molecule has 0 saturated heterocycles. The number of rotatable bonds is 6. The van der Waals surface area contributed by atoms with Gasteiger partial charge in [-0.1, -0.05) is 36.4 Å². The lowest BCUT2D eigenvalue weighted by Gasteiger charge is -2.12. The molecule has 0 unspecified atom stereocenters. The molecule has 1 amide bonds. The minimum atomic E-state index is -1.19. The van der Waals surface area contributed by atoms with Crippen molar-refractivity contribution in [3.05, 3.63) is 42.5 Å². The summed E-state index contributed by atoms with van der Waals surface area (Å²) in [6, 6.07) is 13.7. The van der Waals surface area contributed by atoms with Gasteiger partial charge in [0.2, 0.25) is 5.91 Å². The number of amides is 1. The van der Waals surface area contributed by atoms with Crippen molar-refractivity contribution in [1.29, 1.82) is 0 Å². The van der Waals surface area contributed by atoms with Gasteiger partial charge in [-0.25, -0.2) is 0 Å². The first-order valence-corrected chi connectivity index (χ1v) is 7.26. The quantitative estimate of drug-likeness (QED) is 0.633. The van der Waals surface area contributed by atoms with E-state index in [-0.39, 0.29) is 6.54 Å². The molecule has 2 N–H and O–H groups in total. The van der Waals surface area contributed by atoms with Crippen LogP contribution in [0.2, 0.25) is 0 Å². The van der Waals surface area contributed by atoms with Crippen molar-refractivity contribution in [1.82, 2.24) is 5.32 Å². The molecule has 2 aromatic rings. The van der Waals surface area contributed by atoms with Gasteiger partial charge in [0, 0.05) is 5.39 Å². The summed E-state index contributed by atoms with van der Waals surface area (Å²) >= 11 is 0. The third-order valence-electron chi connectivity index (χ3n) is 3.99. The highest BCUT2D eigenvalue weighted by Crippen LogP contribution is 2.45. The van der Waals surface area contributed by atoms with Crippen molar-refractivity contribution < 1.29 is 19.4 Å². The first kappa shape index (κ1) is 14.4. The number of hydrogen-bond acceptors (Lipinski definition) is 3. The van der Waals surface area contributed by atoms with Gasteiger partial charge in [0.1, 0.15) is 17.8 Å². The summed E-state index contributed by atoms with van der Waals surface area (Å²) in [5, 5.41) is 13.8. The molecule has 0 atom stereocenters. The molecule has 1 saturated carbocycles. The second-order valence-electron chi connectivity index (χ2n) is 5.47. The third-order valence-corrected chi connectivity index (χ3v) is 3.99. The van der Waals surface area contributed by atoms with Gasteiger partial charge < -0.3 is 15.2 Å². The van der Waals surface area contributed by atoms with Gasteiger partial charge in [0.15, 0.2) is 0 Å². The molecule has 0 heterocycles. The molecule has 1 aliphatic rings. The van der Waals surface area contributed by atoms with Crippen LogP contribution in [0.4, 0.5) is 0 Å². The molecule has 0 spiro atoms. The zero-order valence-electron chi connectivity index (χ0n) is 12.0. The van der Waals surface area contributed by atoms with E-state index in [1.165, 1.54) is 0 Å². The van der Waals surface area contributed by atoms with Crippen LogP contribution in [0.15, 0.2) is 42.5 Å². The number of hydrogen-bond donors (Lipinski definition) is 2. The molecular formula is C17H17NO4. The van der Waals surface area contributed by atoms with Crippen LogP contribution in [0.3, 0.4) is 0 Å². The Hall–Kier alpha value is -2.56. The Balaban J connectivity index is 1.55. The van der Waals surface area contributed by atoms with E-state index in [4.69, 9.17) is 9.84 Å². The van der Waals surface area contributed by atoms with Crippen LogP contribution < -0.4 is 10.1 Å². The molecule has 5 nitrogen and oxygen atoms in total. The lowest BCUT2D eigenvalue weighted by Crippen LogP contribution is -2.38. The van der Waals surface area contributed by atoms with Crippen LogP contribution >= 0.6 is 0 Å². The number of carboxylic acids is 1. The molecule has 0 radical (unpaired) electrons. The second kappa shape index (κ2) is 5.67. The zero-order chi connectivity index (χ0) is 15.6. The number of ether oxygens (including phenoxy) is 1. The Bertz CT molecular complexity index is 716. The van der Waals surface area contributed by atoms with Crippen molar-refractivity contribution in [3.8, 4) is 5.75 Å². The maximum atomic E-state index is 11.8. The Morgan fingerprint density at radius 1 is 1.14 bits per heavy atom. The van der Waals surface area contributed by atoms with Crippen LogP contribution in [0.1, 0.15) is 12.8 Å². The van der Waals surface area contributed by atoms with Crippen LogP contribution in [0, 0.1) is 5.41 Å². The fourth-order valence-corrected chi connectivity index (χ4v) is 2.48. The molecular weight excluding hydrogens is 282 g/mol. The highest BCUT2D eigenvalue weighted by atomic mass is 16.5. The molecule has 0 aliphatic heterocycles. The molecule has 114 valence electrons. The van der Waals surface area contributed by atoms with E-state index in [2.05, 4.69) is 5.32 Å². The number of aliphatic carboxylic acids is 1. The van der Waals surface area contributed by atoms with Crippen LogP contribution in [-0.4, -0.2) is 30.1 Å². The maximum Gasteiger partial charge on any atom is 0.319 e. The van der Waals surface area contributed by atoms with E-state index >= 15 is 0 Å². The Labute approximate surface area is 127 Å². The summed E-state index contributed by atoms with van der Waals surface area (Å²) in [6.45, 7) is 0.590. The molecule has 5 heteroatoms. The minimum absolute atomic E-state index is 0.289. The van der Waals surface area contributed by atoms with Gasteiger partial charge >= 0.3 is 5.97 Å². The van der Waals surface area contributed by atoms with Gasteiger partial charge in [-0.2, -0.15) is 0 Å². The van der Waals surface area contributed by atoms with Gasteiger partial charge in [-0.15, -0.1) is 0 Å². The van der Waals surface area contributed by atoms with Gasteiger partial charge in [0.25, 0.3) is 0 Å². The average molecular weight is 299 g/mol.